The summed E-state index contributed by atoms with van der Waals surface area (Å²) in [6.45, 7) is 8.05. The van der Waals surface area contributed by atoms with E-state index in [0.717, 1.165) is 92.0 Å². The van der Waals surface area contributed by atoms with Gasteiger partial charge in [0.1, 0.15) is 11.6 Å². The Hall–Kier alpha value is -3.98. The zero-order chi connectivity index (χ0) is 33.8. The van der Waals surface area contributed by atoms with E-state index in [1.807, 2.05) is 13.1 Å². The number of anilines is 3. The van der Waals surface area contributed by atoms with Crippen LogP contribution in [0.4, 0.5) is 26.0 Å². The largest absolute Gasteiger partial charge is 0.463 e. The summed E-state index contributed by atoms with van der Waals surface area (Å²) in [4.78, 5) is 33.0. The number of piperazine rings is 1. The van der Waals surface area contributed by atoms with Crippen LogP contribution in [-0.2, 0) is 24.2 Å². The van der Waals surface area contributed by atoms with Crippen LogP contribution in [0.2, 0.25) is 0 Å². The summed E-state index contributed by atoms with van der Waals surface area (Å²) in [6.07, 6.45) is 8.92. The smallest absolute Gasteiger partial charge is 0.318 e. The van der Waals surface area contributed by atoms with Crippen molar-refractivity contribution in [3.63, 3.8) is 0 Å². The third-order valence-electron chi connectivity index (χ3n) is 10.5. The molecule has 0 radical (unpaired) electrons. The molecule has 0 N–H and O–H groups in total. The Balaban J connectivity index is 1.28. The lowest BCUT2D eigenvalue weighted by Gasteiger charge is -2.41. The van der Waals surface area contributed by atoms with Crippen molar-refractivity contribution in [1.29, 1.82) is 5.26 Å². The molecule has 12 heteroatoms. The molecule has 5 heterocycles. The van der Waals surface area contributed by atoms with Gasteiger partial charge in [-0.15, -0.1) is 0 Å². The molecule has 4 aliphatic heterocycles. The number of nitrogens with zero attached hydrogens (tertiary/aromatic N) is 8. The predicted octanol–water partition coefficient (Wildman–Crippen LogP) is 5.01. The molecule has 2 atom stereocenters. The van der Waals surface area contributed by atoms with Crippen molar-refractivity contribution in [2.75, 3.05) is 74.7 Å². The number of fused-ring (bicyclic) bond motifs is 2. The second kappa shape index (κ2) is 15.1. The second-order valence-electron chi connectivity index (χ2n) is 13.7. The fraction of sp³-hybridized carbons (Fsp3) is 0.611. The topological polar surface area (TPSA) is 92.1 Å². The number of carbonyl (C=O) groups is 1. The highest BCUT2D eigenvalue weighted by Crippen LogP contribution is 2.40. The number of carbonyl (C=O) groups excluding carboxylic acids is 1. The number of aromatic nitrogens is 2. The molecular formula is C36H48F2N8O2. The van der Waals surface area contributed by atoms with Gasteiger partial charge in [0.15, 0.2) is 5.83 Å². The van der Waals surface area contributed by atoms with E-state index in [1.54, 1.807) is 6.07 Å². The van der Waals surface area contributed by atoms with Crippen molar-refractivity contribution in [2.24, 2.45) is 0 Å². The van der Waals surface area contributed by atoms with Crippen molar-refractivity contribution < 1.29 is 18.3 Å². The summed E-state index contributed by atoms with van der Waals surface area (Å²) < 4.78 is 35.1. The Kier molecular flexibility index (Phi) is 10.6. The lowest BCUT2D eigenvalue weighted by atomic mass is 9.99. The third-order valence-corrected chi connectivity index (χ3v) is 10.5. The molecule has 1 aromatic heterocycles. The van der Waals surface area contributed by atoms with Gasteiger partial charge in [-0.05, 0) is 83.5 Å². The molecule has 10 nitrogen and oxygen atoms in total. The number of benzene rings is 1. The normalized spacial score (nSPS) is 21.4. The monoisotopic (exact) mass is 662 g/mol. The van der Waals surface area contributed by atoms with Gasteiger partial charge < -0.3 is 29.2 Å². The number of hydrogen-bond donors (Lipinski definition) is 0. The van der Waals surface area contributed by atoms with E-state index in [1.165, 1.54) is 24.3 Å². The molecule has 4 aliphatic rings. The van der Waals surface area contributed by atoms with Gasteiger partial charge in [0.05, 0.1) is 48.8 Å². The van der Waals surface area contributed by atoms with Gasteiger partial charge >= 0.3 is 6.01 Å². The number of halogens is 2. The van der Waals surface area contributed by atoms with Crippen LogP contribution in [0.25, 0.3) is 0 Å². The Morgan fingerprint density at radius 2 is 1.83 bits per heavy atom. The molecule has 0 spiro atoms. The standard InChI is InChI=1S/C36H48F2N8O2/c1-25(37)35(47)46-21-20-45(23-27(46)15-16-39)34-29-12-8-19-44(32-14-13-30(38)28-11-7-18-43(3)33(28)32)24-31(29)40-36(41-34)48-22-5-4-9-26-10-6-17-42(26)2/h13-14,26-27H,1,4-12,15,17-24H2,2-3H3/t26-,27+/m1/s1. The van der Waals surface area contributed by atoms with Crippen molar-refractivity contribution >= 4 is 23.1 Å². The van der Waals surface area contributed by atoms with Crippen molar-refractivity contribution in [2.45, 2.75) is 82.8 Å². The average molecular weight is 663 g/mol. The summed E-state index contributed by atoms with van der Waals surface area (Å²) in [7, 11) is 4.23. The molecule has 48 heavy (non-hydrogen) atoms. The van der Waals surface area contributed by atoms with Crippen LogP contribution in [0.15, 0.2) is 24.5 Å². The fourth-order valence-corrected chi connectivity index (χ4v) is 7.98. The number of hydrogen-bond acceptors (Lipinski definition) is 9. The van der Waals surface area contributed by atoms with E-state index < -0.39 is 17.8 Å². The van der Waals surface area contributed by atoms with Gasteiger partial charge in [0.2, 0.25) is 0 Å². The minimum atomic E-state index is -1.02. The van der Waals surface area contributed by atoms with Crippen LogP contribution in [0.1, 0.15) is 68.2 Å². The predicted molar refractivity (Wildman–Crippen MR) is 183 cm³/mol. The molecule has 258 valence electrons. The Morgan fingerprint density at radius 1 is 1.02 bits per heavy atom. The zero-order valence-electron chi connectivity index (χ0n) is 28.4. The molecular weight excluding hydrogens is 614 g/mol. The SMILES string of the molecule is C=C(F)C(=O)N1CCN(c2nc(OCCCC[C@@H]3CCCN3C)nc3c2CCCN(c2ccc(F)c4c2N(C)CCC4)C3)C[C@@H]1CC#N. The van der Waals surface area contributed by atoms with Crippen LogP contribution >= 0.6 is 0 Å². The number of ether oxygens (including phenoxy) is 1. The highest BCUT2D eigenvalue weighted by atomic mass is 19.1. The number of unbranched alkanes of at least 4 members (excludes halogenated alkanes) is 1. The summed E-state index contributed by atoms with van der Waals surface area (Å²) in [5.41, 5.74) is 4.62. The van der Waals surface area contributed by atoms with Gasteiger partial charge in [-0.2, -0.15) is 15.2 Å². The van der Waals surface area contributed by atoms with Crippen LogP contribution in [-0.4, -0.2) is 97.7 Å². The number of rotatable bonds is 10. The zero-order valence-corrected chi connectivity index (χ0v) is 28.4. The van der Waals surface area contributed by atoms with Crippen molar-refractivity contribution in [3.05, 3.63) is 47.2 Å². The van der Waals surface area contributed by atoms with Crippen molar-refractivity contribution in [3.8, 4) is 12.1 Å². The fourth-order valence-electron chi connectivity index (χ4n) is 7.98. The molecule has 0 aliphatic carbocycles. The number of likely N-dealkylation sites (tertiary alicyclic amines) is 1. The van der Waals surface area contributed by atoms with Gasteiger partial charge in [-0.25, -0.2) is 8.78 Å². The van der Waals surface area contributed by atoms with Crippen molar-refractivity contribution in [1.82, 2.24) is 19.8 Å². The average Bonchev–Trinajstić information content (AvgIpc) is 3.36. The first kappa shape index (κ1) is 33.9. The van der Waals surface area contributed by atoms with Gasteiger partial charge in [0.25, 0.3) is 5.91 Å². The maximum Gasteiger partial charge on any atom is 0.318 e. The van der Waals surface area contributed by atoms with E-state index in [0.29, 0.717) is 38.3 Å². The third kappa shape index (κ3) is 7.21. The molecule has 1 amide bonds. The molecule has 0 saturated carbocycles. The maximum absolute atomic E-state index is 15.0. The van der Waals surface area contributed by atoms with Crippen LogP contribution in [0.3, 0.4) is 0 Å². The summed E-state index contributed by atoms with van der Waals surface area (Å²) in [5, 5.41) is 9.57. The molecule has 2 fully saturated rings. The lowest BCUT2D eigenvalue weighted by Crippen LogP contribution is -2.55. The van der Waals surface area contributed by atoms with Gasteiger partial charge in [-0.1, -0.05) is 6.58 Å². The van der Waals surface area contributed by atoms with E-state index >= 15 is 0 Å². The van der Waals surface area contributed by atoms with E-state index in [9.17, 15) is 18.8 Å². The van der Waals surface area contributed by atoms with E-state index in [-0.39, 0.29) is 18.8 Å². The minimum absolute atomic E-state index is 0.0688. The molecule has 2 aromatic rings. The first-order valence-corrected chi connectivity index (χ1v) is 17.5. The second-order valence-corrected chi connectivity index (χ2v) is 13.7. The highest BCUT2D eigenvalue weighted by molar-refractivity contribution is 5.91. The Bertz CT molecular complexity index is 1550. The van der Waals surface area contributed by atoms with Crippen LogP contribution < -0.4 is 19.4 Å². The van der Waals surface area contributed by atoms with E-state index in [4.69, 9.17) is 14.7 Å². The summed E-state index contributed by atoms with van der Waals surface area (Å²) in [6, 6.07) is 6.10. The maximum atomic E-state index is 15.0. The molecule has 0 bridgehead atoms. The summed E-state index contributed by atoms with van der Waals surface area (Å²) in [5.74, 6) is -1.20. The Morgan fingerprint density at radius 3 is 2.60 bits per heavy atom. The van der Waals surface area contributed by atoms with Crippen LogP contribution in [0.5, 0.6) is 6.01 Å². The number of nitriles is 1. The Labute approximate surface area is 283 Å². The lowest BCUT2D eigenvalue weighted by molar-refractivity contribution is -0.131. The van der Waals surface area contributed by atoms with Gasteiger partial charge in [0, 0.05) is 56.9 Å². The van der Waals surface area contributed by atoms with Crippen LogP contribution in [0, 0.1) is 17.1 Å². The molecule has 1 aromatic carbocycles. The first-order chi connectivity index (χ1) is 23.2. The molecule has 2 saturated heterocycles. The highest BCUT2D eigenvalue weighted by Gasteiger charge is 2.35. The molecule has 6 rings (SSSR count). The minimum Gasteiger partial charge on any atom is -0.463 e. The quantitative estimate of drug-likeness (QED) is 0.257. The molecule has 0 unspecified atom stereocenters. The number of amides is 1. The summed E-state index contributed by atoms with van der Waals surface area (Å²) >= 11 is 0. The first-order valence-electron chi connectivity index (χ1n) is 17.5. The van der Waals surface area contributed by atoms with E-state index in [2.05, 4.69) is 39.3 Å². The van der Waals surface area contributed by atoms with Gasteiger partial charge in [-0.3, -0.25) is 4.79 Å².